The largest absolute Gasteiger partial charge is 0.343 e. The Balaban J connectivity index is 2.19. The molecule has 4 nitrogen and oxygen atoms in total. The summed E-state index contributed by atoms with van der Waals surface area (Å²) in [5.41, 5.74) is 0.606. The fourth-order valence-corrected chi connectivity index (χ4v) is 2.26. The molecule has 0 saturated heterocycles. The fourth-order valence-electron chi connectivity index (χ4n) is 1.56. The lowest BCUT2D eigenvalue weighted by Gasteiger charge is -2.06. The van der Waals surface area contributed by atoms with Gasteiger partial charge in [-0.25, -0.2) is 4.98 Å². The van der Waals surface area contributed by atoms with Gasteiger partial charge in [0.05, 0.1) is 0 Å². The van der Waals surface area contributed by atoms with E-state index in [1.807, 2.05) is 23.8 Å². The standard InChI is InChI=1S/C12H11Br2N3O/c1-2-17-7-9(14)5-10(17)12(18)16-11-4-3-8(13)6-15-11/h3-7H,2H2,1H3,(H,15,16,18). The quantitative estimate of drug-likeness (QED) is 0.893. The Kier molecular flexibility index (Phi) is 4.19. The Bertz CT molecular complexity index is 563. The van der Waals surface area contributed by atoms with Crippen LogP contribution in [0.15, 0.2) is 39.5 Å². The average molecular weight is 373 g/mol. The maximum absolute atomic E-state index is 12.1. The molecule has 0 bridgehead atoms. The molecule has 0 unspecified atom stereocenters. The zero-order valence-electron chi connectivity index (χ0n) is 9.65. The summed E-state index contributed by atoms with van der Waals surface area (Å²) >= 11 is 6.66. The number of amides is 1. The van der Waals surface area contributed by atoms with E-state index in [4.69, 9.17) is 0 Å². The van der Waals surface area contributed by atoms with Crippen LogP contribution in [-0.4, -0.2) is 15.5 Å². The van der Waals surface area contributed by atoms with Gasteiger partial charge in [-0.1, -0.05) is 0 Å². The van der Waals surface area contributed by atoms with Crippen LogP contribution in [0.1, 0.15) is 17.4 Å². The first-order chi connectivity index (χ1) is 8.60. The second kappa shape index (κ2) is 5.67. The summed E-state index contributed by atoms with van der Waals surface area (Å²) in [5.74, 6) is 0.362. The topological polar surface area (TPSA) is 46.9 Å². The van der Waals surface area contributed by atoms with E-state index >= 15 is 0 Å². The van der Waals surface area contributed by atoms with Crippen LogP contribution in [0.3, 0.4) is 0 Å². The number of aromatic nitrogens is 2. The Hall–Kier alpha value is -1.14. The minimum absolute atomic E-state index is 0.169. The number of aryl methyl sites for hydroxylation is 1. The molecule has 0 spiro atoms. The molecule has 0 aliphatic rings. The number of carbonyl (C=O) groups excluding carboxylic acids is 1. The lowest BCUT2D eigenvalue weighted by Crippen LogP contribution is -2.16. The van der Waals surface area contributed by atoms with Crippen molar-refractivity contribution in [2.45, 2.75) is 13.5 Å². The van der Waals surface area contributed by atoms with Gasteiger partial charge < -0.3 is 9.88 Å². The Morgan fingerprint density at radius 2 is 2.17 bits per heavy atom. The summed E-state index contributed by atoms with van der Waals surface area (Å²) in [5, 5.41) is 2.76. The van der Waals surface area contributed by atoms with Crippen molar-refractivity contribution in [3.63, 3.8) is 0 Å². The van der Waals surface area contributed by atoms with Gasteiger partial charge in [0.15, 0.2) is 0 Å². The van der Waals surface area contributed by atoms with Gasteiger partial charge in [-0.15, -0.1) is 0 Å². The molecule has 94 valence electrons. The Labute approximate surface area is 122 Å². The van der Waals surface area contributed by atoms with Crippen molar-refractivity contribution in [1.29, 1.82) is 0 Å². The molecule has 2 rings (SSSR count). The molecule has 0 aliphatic heterocycles. The number of anilines is 1. The Morgan fingerprint density at radius 1 is 1.39 bits per heavy atom. The first-order valence-electron chi connectivity index (χ1n) is 5.38. The van der Waals surface area contributed by atoms with Crippen molar-refractivity contribution in [3.05, 3.63) is 45.2 Å². The number of nitrogens with zero attached hydrogens (tertiary/aromatic N) is 2. The van der Waals surface area contributed by atoms with Gasteiger partial charge in [0.1, 0.15) is 11.5 Å². The second-order valence-electron chi connectivity index (χ2n) is 3.65. The first-order valence-corrected chi connectivity index (χ1v) is 6.97. The molecule has 1 N–H and O–H groups in total. The number of carbonyl (C=O) groups is 1. The number of pyridine rings is 1. The smallest absolute Gasteiger partial charge is 0.273 e. The number of hydrogen-bond acceptors (Lipinski definition) is 2. The van der Waals surface area contributed by atoms with Crippen LogP contribution in [0.2, 0.25) is 0 Å². The van der Waals surface area contributed by atoms with Crippen LogP contribution in [0.5, 0.6) is 0 Å². The predicted octanol–water partition coefficient (Wildman–Crippen LogP) is 3.68. The number of nitrogens with one attached hydrogen (secondary N) is 1. The minimum Gasteiger partial charge on any atom is -0.343 e. The molecule has 0 saturated carbocycles. The zero-order chi connectivity index (χ0) is 13.1. The normalized spacial score (nSPS) is 10.4. The molecule has 2 aromatic heterocycles. The van der Waals surface area contributed by atoms with Crippen LogP contribution < -0.4 is 5.32 Å². The summed E-state index contributed by atoms with van der Waals surface area (Å²) in [6.45, 7) is 2.73. The third kappa shape index (κ3) is 3.00. The van der Waals surface area contributed by atoms with Crippen molar-refractivity contribution in [2.24, 2.45) is 0 Å². The fraction of sp³-hybridized carbons (Fsp3) is 0.167. The highest BCUT2D eigenvalue weighted by atomic mass is 79.9. The molecule has 0 atom stereocenters. The van der Waals surface area contributed by atoms with E-state index in [2.05, 4.69) is 42.2 Å². The van der Waals surface area contributed by atoms with E-state index in [0.29, 0.717) is 11.5 Å². The predicted molar refractivity (Wildman–Crippen MR) is 77.7 cm³/mol. The van der Waals surface area contributed by atoms with E-state index < -0.39 is 0 Å². The van der Waals surface area contributed by atoms with Gasteiger partial charge in [0.2, 0.25) is 0 Å². The number of hydrogen-bond donors (Lipinski definition) is 1. The van der Waals surface area contributed by atoms with Gasteiger partial charge in [-0.05, 0) is 57.0 Å². The first kappa shape index (κ1) is 13.3. The minimum atomic E-state index is -0.169. The van der Waals surface area contributed by atoms with Crippen molar-refractivity contribution >= 4 is 43.6 Å². The monoisotopic (exact) mass is 371 g/mol. The van der Waals surface area contributed by atoms with E-state index in [1.54, 1.807) is 18.3 Å². The molecule has 0 aliphatic carbocycles. The van der Waals surface area contributed by atoms with E-state index in [-0.39, 0.29) is 5.91 Å². The molecule has 0 aromatic carbocycles. The van der Waals surface area contributed by atoms with Gasteiger partial charge in [0, 0.05) is 27.9 Å². The van der Waals surface area contributed by atoms with Crippen molar-refractivity contribution in [1.82, 2.24) is 9.55 Å². The van der Waals surface area contributed by atoms with E-state index in [9.17, 15) is 4.79 Å². The third-order valence-corrected chi connectivity index (χ3v) is 3.31. The zero-order valence-corrected chi connectivity index (χ0v) is 12.8. The molecule has 18 heavy (non-hydrogen) atoms. The maximum Gasteiger partial charge on any atom is 0.273 e. The number of halogens is 2. The molecule has 2 heterocycles. The Morgan fingerprint density at radius 3 is 2.78 bits per heavy atom. The van der Waals surface area contributed by atoms with Crippen molar-refractivity contribution in [2.75, 3.05) is 5.32 Å². The lowest BCUT2D eigenvalue weighted by molar-refractivity contribution is 0.101. The maximum atomic E-state index is 12.1. The average Bonchev–Trinajstić information content (AvgIpc) is 2.73. The third-order valence-electron chi connectivity index (χ3n) is 2.41. The summed E-state index contributed by atoms with van der Waals surface area (Å²) in [6.07, 6.45) is 3.52. The van der Waals surface area contributed by atoms with Crippen LogP contribution in [-0.2, 0) is 6.54 Å². The molecular formula is C12H11Br2N3O. The second-order valence-corrected chi connectivity index (χ2v) is 5.48. The highest BCUT2D eigenvalue weighted by Crippen LogP contribution is 2.17. The van der Waals surface area contributed by atoms with Crippen molar-refractivity contribution in [3.8, 4) is 0 Å². The van der Waals surface area contributed by atoms with Crippen LogP contribution in [0.4, 0.5) is 5.82 Å². The molecule has 1 amide bonds. The summed E-state index contributed by atoms with van der Waals surface area (Å²) in [7, 11) is 0. The molecule has 0 fully saturated rings. The van der Waals surface area contributed by atoms with Gasteiger partial charge in [-0.3, -0.25) is 4.79 Å². The van der Waals surface area contributed by atoms with Crippen LogP contribution in [0.25, 0.3) is 0 Å². The van der Waals surface area contributed by atoms with Gasteiger partial charge in [-0.2, -0.15) is 0 Å². The summed E-state index contributed by atoms with van der Waals surface area (Å²) < 4.78 is 3.64. The molecular weight excluding hydrogens is 362 g/mol. The van der Waals surface area contributed by atoms with Crippen LogP contribution >= 0.6 is 31.9 Å². The van der Waals surface area contributed by atoms with Crippen molar-refractivity contribution < 1.29 is 4.79 Å². The lowest BCUT2D eigenvalue weighted by atomic mass is 10.4. The molecule has 2 aromatic rings. The van der Waals surface area contributed by atoms with E-state index in [0.717, 1.165) is 15.5 Å². The van der Waals surface area contributed by atoms with Gasteiger partial charge in [0.25, 0.3) is 5.91 Å². The SMILES string of the molecule is CCn1cc(Br)cc1C(=O)Nc1ccc(Br)cn1. The molecule has 6 heteroatoms. The van der Waals surface area contributed by atoms with Gasteiger partial charge >= 0.3 is 0 Å². The highest BCUT2D eigenvalue weighted by molar-refractivity contribution is 9.10. The van der Waals surface area contributed by atoms with E-state index in [1.165, 1.54) is 0 Å². The molecule has 0 radical (unpaired) electrons. The summed E-state index contributed by atoms with van der Waals surface area (Å²) in [6, 6.07) is 5.37. The highest BCUT2D eigenvalue weighted by Gasteiger charge is 2.12. The summed E-state index contributed by atoms with van der Waals surface area (Å²) in [4.78, 5) is 16.2. The van der Waals surface area contributed by atoms with Crippen LogP contribution in [0, 0.1) is 0 Å². The number of rotatable bonds is 3.